The lowest BCUT2D eigenvalue weighted by atomic mass is 10.1. The van der Waals surface area contributed by atoms with Gasteiger partial charge in [0.2, 0.25) is 11.8 Å². The zero-order chi connectivity index (χ0) is 18.1. The fourth-order valence-corrected chi connectivity index (χ4v) is 2.07. The molecule has 0 aliphatic carbocycles. The van der Waals surface area contributed by atoms with Crippen molar-refractivity contribution in [1.82, 2.24) is 15.1 Å². The molecular formula is C17H27N3O4. The Hall–Kier alpha value is -2.28. The van der Waals surface area contributed by atoms with E-state index in [1.54, 1.807) is 28.3 Å². The number of nitrogens with one attached hydrogen (secondary N) is 1. The minimum atomic E-state index is -0.167. The first-order chi connectivity index (χ1) is 11.4. The Morgan fingerprint density at radius 3 is 2.33 bits per heavy atom. The Bertz CT molecular complexity index is 561. The highest BCUT2D eigenvalue weighted by molar-refractivity contribution is 5.85. The van der Waals surface area contributed by atoms with Crippen LogP contribution in [0.4, 0.5) is 0 Å². The summed E-state index contributed by atoms with van der Waals surface area (Å²) in [7, 11) is 8.39. The highest BCUT2D eigenvalue weighted by Crippen LogP contribution is 2.27. The van der Waals surface area contributed by atoms with Gasteiger partial charge in [-0.25, -0.2) is 0 Å². The fraction of sp³-hybridized carbons (Fsp3) is 0.529. The van der Waals surface area contributed by atoms with Crippen molar-refractivity contribution in [1.29, 1.82) is 0 Å². The molecule has 1 aromatic rings. The molecule has 0 unspecified atom stereocenters. The summed E-state index contributed by atoms with van der Waals surface area (Å²) in [6, 6.07) is 5.78. The summed E-state index contributed by atoms with van der Waals surface area (Å²) < 4.78 is 10.5. The molecule has 0 atom stereocenters. The molecule has 0 fully saturated rings. The highest BCUT2D eigenvalue weighted by Gasteiger charge is 2.10. The van der Waals surface area contributed by atoms with Crippen LogP contribution in [0.3, 0.4) is 0 Å². The van der Waals surface area contributed by atoms with Crippen LogP contribution in [-0.4, -0.2) is 76.6 Å². The van der Waals surface area contributed by atoms with Gasteiger partial charge in [0.05, 0.1) is 27.3 Å². The molecule has 0 bridgehead atoms. The topological polar surface area (TPSA) is 71.1 Å². The maximum absolute atomic E-state index is 11.8. The third-order valence-electron chi connectivity index (χ3n) is 3.58. The van der Waals surface area contributed by atoms with Gasteiger partial charge in [-0.05, 0) is 31.2 Å². The number of hydrogen-bond donors (Lipinski definition) is 1. The minimum Gasteiger partial charge on any atom is -0.493 e. The van der Waals surface area contributed by atoms with E-state index >= 15 is 0 Å². The second-order valence-electron chi connectivity index (χ2n) is 5.74. The van der Waals surface area contributed by atoms with Crippen molar-refractivity contribution >= 4 is 11.8 Å². The molecule has 24 heavy (non-hydrogen) atoms. The van der Waals surface area contributed by atoms with Crippen LogP contribution in [0.1, 0.15) is 5.56 Å². The first-order valence-electron chi connectivity index (χ1n) is 7.73. The SMILES string of the molecule is COc1ccc(CCN(C)CC(=O)NCC(=O)N(C)C)cc1OC. The van der Waals surface area contributed by atoms with E-state index in [1.165, 1.54) is 4.90 Å². The van der Waals surface area contributed by atoms with E-state index in [1.807, 2.05) is 30.1 Å². The van der Waals surface area contributed by atoms with E-state index in [2.05, 4.69) is 5.32 Å². The number of ether oxygens (including phenoxy) is 2. The van der Waals surface area contributed by atoms with Gasteiger partial charge in [0.1, 0.15) is 0 Å². The lowest BCUT2D eigenvalue weighted by molar-refractivity contribution is -0.131. The standard InChI is InChI=1S/C17H27N3O4/c1-19(2)17(22)11-18-16(21)12-20(3)9-8-13-6-7-14(23-4)15(10-13)24-5/h6-7,10H,8-9,11-12H2,1-5H3,(H,18,21). The number of rotatable bonds is 9. The molecule has 2 amide bonds. The van der Waals surface area contributed by atoms with Crippen LogP contribution in [0.5, 0.6) is 11.5 Å². The molecule has 0 saturated carbocycles. The Labute approximate surface area is 143 Å². The number of nitrogens with zero attached hydrogens (tertiary/aromatic N) is 2. The molecule has 0 aliphatic heterocycles. The smallest absolute Gasteiger partial charge is 0.241 e. The van der Waals surface area contributed by atoms with Crippen LogP contribution in [0, 0.1) is 0 Å². The number of benzene rings is 1. The van der Waals surface area contributed by atoms with E-state index in [9.17, 15) is 9.59 Å². The van der Waals surface area contributed by atoms with Gasteiger partial charge in [0, 0.05) is 20.6 Å². The fourth-order valence-electron chi connectivity index (χ4n) is 2.07. The van der Waals surface area contributed by atoms with Crippen LogP contribution in [0.15, 0.2) is 18.2 Å². The van der Waals surface area contributed by atoms with Crippen molar-refractivity contribution in [3.8, 4) is 11.5 Å². The summed E-state index contributed by atoms with van der Waals surface area (Å²) in [6.45, 7) is 0.980. The predicted octanol–water partition coefficient (Wildman–Crippen LogP) is 0.383. The first kappa shape index (κ1) is 19.8. The molecule has 0 aromatic heterocycles. The van der Waals surface area contributed by atoms with Gasteiger partial charge >= 0.3 is 0 Å². The van der Waals surface area contributed by atoms with Crippen molar-refractivity contribution in [2.24, 2.45) is 0 Å². The maximum atomic E-state index is 11.8. The van der Waals surface area contributed by atoms with E-state index in [4.69, 9.17) is 9.47 Å². The van der Waals surface area contributed by atoms with E-state index in [-0.39, 0.29) is 24.9 Å². The Balaban J connectivity index is 2.41. The molecule has 0 radical (unpaired) electrons. The Morgan fingerprint density at radius 2 is 1.75 bits per heavy atom. The molecule has 1 N–H and O–H groups in total. The quantitative estimate of drug-likeness (QED) is 0.705. The summed E-state index contributed by atoms with van der Waals surface area (Å²) in [4.78, 5) is 26.6. The van der Waals surface area contributed by atoms with Crippen molar-refractivity contribution in [2.75, 3.05) is 55.0 Å². The molecule has 0 aliphatic rings. The van der Waals surface area contributed by atoms with Gasteiger partial charge in [-0.1, -0.05) is 6.07 Å². The average molecular weight is 337 g/mol. The van der Waals surface area contributed by atoms with E-state index in [0.29, 0.717) is 18.0 Å². The number of carbonyl (C=O) groups excluding carboxylic acids is 2. The number of amides is 2. The van der Waals surface area contributed by atoms with Crippen molar-refractivity contribution in [3.63, 3.8) is 0 Å². The van der Waals surface area contributed by atoms with Gasteiger partial charge in [-0.15, -0.1) is 0 Å². The Morgan fingerprint density at radius 1 is 1.08 bits per heavy atom. The summed E-state index contributed by atoms with van der Waals surface area (Å²) >= 11 is 0. The van der Waals surface area contributed by atoms with Crippen LogP contribution in [0.25, 0.3) is 0 Å². The summed E-state index contributed by atoms with van der Waals surface area (Å²) in [5.41, 5.74) is 1.10. The minimum absolute atomic E-state index is 0.0232. The monoisotopic (exact) mass is 337 g/mol. The molecule has 0 heterocycles. The molecule has 1 rings (SSSR count). The molecule has 1 aromatic carbocycles. The Kier molecular flexibility index (Phi) is 8.05. The van der Waals surface area contributed by atoms with E-state index in [0.717, 1.165) is 12.0 Å². The second kappa shape index (κ2) is 9.77. The highest BCUT2D eigenvalue weighted by atomic mass is 16.5. The number of hydrogen-bond acceptors (Lipinski definition) is 5. The largest absolute Gasteiger partial charge is 0.493 e. The summed E-state index contributed by atoms with van der Waals surface area (Å²) in [6.07, 6.45) is 0.779. The van der Waals surface area contributed by atoms with Crippen molar-refractivity contribution in [2.45, 2.75) is 6.42 Å². The molecular weight excluding hydrogens is 310 g/mol. The predicted molar refractivity (Wildman–Crippen MR) is 92.5 cm³/mol. The number of likely N-dealkylation sites (N-methyl/N-ethyl adjacent to an activating group) is 2. The second-order valence-corrected chi connectivity index (χ2v) is 5.74. The van der Waals surface area contributed by atoms with Crippen molar-refractivity contribution in [3.05, 3.63) is 23.8 Å². The molecule has 134 valence electrons. The lowest BCUT2D eigenvalue weighted by Gasteiger charge is -2.17. The first-order valence-corrected chi connectivity index (χ1v) is 7.73. The van der Waals surface area contributed by atoms with Crippen LogP contribution < -0.4 is 14.8 Å². The zero-order valence-corrected chi connectivity index (χ0v) is 15.1. The zero-order valence-electron chi connectivity index (χ0n) is 15.1. The molecule has 7 heteroatoms. The summed E-state index contributed by atoms with van der Waals surface area (Å²) in [5.74, 6) is 1.09. The number of carbonyl (C=O) groups is 2. The average Bonchev–Trinajstić information content (AvgIpc) is 2.57. The van der Waals surface area contributed by atoms with Gasteiger partial charge in [0.15, 0.2) is 11.5 Å². The lowest BCUT2D eigenvalue weighted by Crippen LogP contribution is -2.41. The normalized spacial score (nSPS) is 10.4. The third kappa shape index (κ3) is 6.45. The molecule has 7 nitrogen and oxygen atoms in total. The van der Waals surface area contributed by atoms with Gasteiger partial charge in [-0.3, -0.25) is 14.5 Å². The van der Waals surface area contributed by atoms with Crippen molar-refractivity contribution < 1.29 is 19.1 Å². The van der Waals surface area contributed by atoms with Crippen LogP contribution in [-0.2, 0) is 16.0 Å². The van der Waals surface area contributed by atoms with Gasteiger partial charge < -0.3 is 19.7 Å². The third-order valence-corrected chi connectivity index (χ3v) is 3.58. The van der Waals surface area contributed by atoms with Gasteiger partial charge in [0.25, 0.3) is 0 Å². The van der Waals surface area contributed by atoms with Crippen LogP contribution >= 0.6 is 0 Å². The number of methoxy groups -OCH3 is 2. The summed E-state index contributed by atoms with van der Waals surface area (Å²) in [5, 5.41) is 2.62. The molecule has 0 spiro atoms. The van der Waals surface area contributed by atoms with E-state index < -0.39 is 0 Å². The van der Waals surface area contributed by atoms with Gasteiger partial charge in [-0.2, -0.15) is 0 Å². The molecule has 0 saturated heterocycles. The van der Waals surface area contributed by atoms with Crippen LogP contribution in [0.2, 0.25) is 0 Å². The maximum Gasteiger partial charge on any atom is 0.241 e.